The maximum atomic E-state index is 2.31. The molecule has 0 N–H and O–H groups in total. The Morgan fingerprint density at radius 3 is 0.929 bits per heavy atom. The minimum atomic E-state index is 0. The summed E-state index contributed by atoms with van der Waals surface area (Å²) in [5.41, 5.74) is 0. The molecule has 2 heteroatoms. The van der Waals surface area contributed by atoms with Crippen molar-refractivity contribution in [1.82, 2.24) is 0 Å². The van der Waals surface area contributed by atoms with Gasteiger partial charge in [-0.2, -0.15) is 0 Å². The maximum Gasteiger partial charge on any atom is 0.0783 e. The second-order valence-corrected chi connectivity index (χ2v) is 4.24. The summed E-state index contributed by atoms with van der Waals surface area (Å²) >= 11 is 0. The van der Waals surface area contributed by atoms with Crippen molar-refractivity contribution in [2.45, 2.75) is 53.4 Å². The Balaban J connectivity index is 0. The van der Waals surface area contributed by atoms with E-state index in [1.807, 2.05) is 0 Å². The summed E-state index contributed by atoms with van der Waals surface area (Å²) < 4.78 is 1.38. The normalized spacial score (nSPS) is 11.1. The molecular formula is C12H28NO-. The fourth-order valence-corrected chi connectivity index (χ4v) is 2.57. The number of hydrogen-bond donors (Lipinski definition) is 0. The summed E-state index contributed by atoms with van der Waals surface area (Å²) in [6.45, 7) is 14.8. The minimum Gasteiger partial charge on any atom is -2.00 e. The fourth-order valence-electron chi connectivity index (χ4n) is 2.57. The first-order chi connectivity index (χ1) is 6.24. The van der Waals surface area contributed by atoms with Gasteiger partial charge in [-0.3, -0.25) is 0 Å². The maximum absolute atomic E-state index is 2.31. The molecule has 0 fully saturated rings. The zero-order chi connectivity index (χ0) is 10.2. The number of rotatable bonds is 8. The van der Waals surface area contributed by atoms with Crippen LogP contribution in [0, 0.1) is 0 Å². The lowest BCUT2D eigenvalue weighted by Gasteiger charge is -2.38. The van der Waals surface area contributed by atoms with Gasteiger partial charge in [-0.15, -0.1) is 0 Å². The van der Waals surface area contributed by atoms with E-state index >= 15 is 0 Å². The molecule has 0 saturated heterocycles. The predicted octanol–water partition coefficient (Wildman–Crippen LogP) is 3.32. The number of quaternary nitrogens is 1. The fraction of sp³-hybridized carbons (Fsp3) is 1.00. The zero-order valence-electron chi connectivity index (χ0n) is 10.5. The molecule has 0 heterocycles. The van der Waals surface area contributed by atoms with Gasteiger partial charge in [-0.1, -0.05) is 27.7 Å². The molecular weight excluding hydrogens is 174 g/mol. The highest BCUT2D eigenvalue weighted by Gasteiger charge is 2.22. The van der Waals surface area contributed by atoms with E-state index in [1.54, 1.807) is 0 Å². The minimum absolute atomic E-state index is 0. The summed E-state index contributed by atoms with van der Waals surface area (Å²) in [4.78, 5) is 0. The average molecular weight is 202 g/mol. The smallest absolute Gasteiger partial charge is 0.0783 e. The van der Waals surface area contributed by atoms with Gasteiger partial charge < -0.3 is 9.96 Å². The van der Waals surface area contributed by atoms with Crippen LogP contribution in [-0.2, 0) is 5.48 Å². The van der Waals surface area contributed by atoms with Gasteiger partial charge in [0.05, 0.1) is 26.2 Å². The van der Waals surface area contributed by atoms with Gasteiger partial charge in [0.25, 0.3) is 0 Å². The molecule has 0 saturated carbocycles. The number of hydrogen-bond acceptors (Lipinski definition) is 0. The van der Waals surface area contributed by atoms with Gasteiger partial charge in [0.15, 0.2) is 0 Å². The molecule has 0 aromatic rings. The van der Waals surface area contributed by atoms with Crippen molar-refractivity contribution in [2.75, 3.05) is 26.2 Å². The predicted molar refractivity (Wildman–Crippen MR) is 61.6 cm³/mol. The first-order valence-corrected chi connectivity index (χ1v) is 6.09. The molecule has 0 aliphatic rings. The van der Waals surface area contributed by atoms with Crippen molar-refractivity contribution in [3.8, 4) is 0 Å². The standard InChI is InChI=1S/C12H28N.O/c1-5-9-13(10-6-2,11-7-3)12-8-4;/h5-12H2,1-4H3;/q+1;-2. The molecule has 0 aromatic carbocycles. The molecule has 0 spiro atoms. The lowest BCUT2D eigenvalue weighted by atomic mass is 10.2. The highest BCUT2D eigenvalue weighted by molar-refractivity contribution is 4.43. The summed E-state index contributed by atoms with van der Waals surface area (Å²) in [5.74, 6) is 0. The van der Waals surface area contributed by atoms with Crippen molar-refractivity contribution in [1.29, 1.82) is 0 Å². The van der Waals surface area contributed by atoms with Crippen molar-refractivity contribution in [3.05, 3.63) is 0 Å². The molecule has 0 atom stereocenters. The molecule has 0 aromatic heterocycles. The van der Waals surface area contributed by atoms with Crippen molar-refractivity contribution >= 4 is 0 Å². The first kappa shape index (κ1) is 16.4. The largest absolute Gasteiger partial charge is 2.00 e. The molecule has 2 nitrogen and oxygen atoms in total. The summed E-state index contributed by atoms with van der Waals surface area (Å²) in [7, 11) is 0. The third kappa shape index (κ3) is 5.61. The number of nitrogens with zero attached hydrogens (tertiary/aromatic N) is 1. The third-order valence-corrected chi connectivity index (χ3v) is 2.79. The van der Waals surface area contributed by atoms with E-state index in [4.69, 9.17) is 0 Å². The summed E-state index contributed by atoms with van der Waals surface area (Å²) in [6.07, 6.45) is 5.33. The second kappa shape index (κ2) is 9.47. The average Bonchev–Trinajstić information content (AvgIpc) is 2.06. The van der Waals surface area contributed by atoms with Gasteiger partial charge in [0.1, 0.15) is 0 Å². The Morgan fingerprint density at radius 1 is 0.571 bits per heavy atom. The molecule has 88 valence electrons. The molecule has 0 aliphatic heterocycles. The second-order valence-electron chi connectivity index (χ2n) is 4.24. The van der Waals surface area contributed by atoms with E-state index in [1.165, 1.54) is 56.3 Å². The van der Waals surface area contributed by atoms with E-state index in [0.29, 0.717) is 0 Å². The molecule has 0 bridgehead atoms. The van der Waals surface area contributed by atoms with E-state index in [9.17, 15) is 0 Å². The molecule has 0 aliphatic carbocycles. The van der Waals surface area contributed by atoms with Crippen LogP contribution in [0.5, 0.6) is 0 Å². The SMILES string of the molecule is CCC[N+](CCC)(CCC)CCC.[O-2]. The van der Waals surface area contributed by atoms with E-state index in [-0.39, 0.29) is 5.48 Å². The van der Waals surface area contributed by atoms with Crippen molar-refractivity contribution < 1.29 is 9.96 Å². The monoisotopic (exact) mass is 202 g/mol. The van der Waals surface area contributed by atoms with Crippen LogP contribution < -0.4 is 0 Å². The van der Waals surface area contributed by atoms with Gasteiger partial charge in [0.2, 0.25) is 0 Å². The Hall–Kier alpha value is -0.0800. The Kier molecular flexibility index (Phi) is 11.1. The molecule has 0 amide bonds. The van der Waals surface area contributed by atoms with Gasteiger partial charge in [-0.05, 0) is 25.7 Å². The van der Waals surface area contributed by atoms with Crippen LogP contribution in [0.1, 0.15) is 53.4 Å². The Morgan fingerprint density at radius 2 is 0.786 bits per heavy atom. The van der Waals surface area contributed by atoms with Crippen LogP contribution in [0.4, 0.5) is 0 Å². The van der Waals surface area contributed by atoms with Crippen LogP contribution in [-0.4, -0.2) is 30.7 Å². The van der Waals surface area contributed by atoms with Crippen LogP contribution in [0.15, 0.2) is 0 Å². The van der Waals surface area contributed by atoms with Crippen LogP contribution in [0.3, 0.4) is 0 Å². The van der Waals surface area contributed by atoms with Gasteiger partial charge in [-0.25, -0.2) is 0 Å². The van der Waals surface area contributed by atoms with Gasteiger partial charge in [0, 0.05) is 0 Å². The first-order valence-electron chi connectivity index (χ1n) is 6.09. The van der Waals surface area contributed by atoms with Crippen molar-refractivity contribution in [3.63, 3.8) is 0 Å². The molecule has 0 rings (SSSR count). The van der Waals surface area contributed by atoms with Crippen LogP contribution >= 0.6 is 0 Å². The molecule has 14 heavy (non-hydrogen) atoms. The third-order valence-electron chi connectivity index (χ3n) is 2.79. The van der Waals surface area contributed by atoms with E-state index in [0.717, 1.165) is 0 Å². The van der Waals surface area contributed by atoms with Crippen LogP contribution in [0.2, 0.25) is 0 Å². The molecule has 0 radical (unpaired) electrons. The quantitative estimate of drug-likeness (QED) is 0.540. The lowest BCUT2D eigenvalue weighted by molar-refractivity contribution is -0.928. The Labute approximate surface area is 90.2 Å². The highest BCUT2D eigenvalue weighted by Crippen LogP contribution is 2.12. The van der Waals surface area contributed by atoms with Gasteiger partial charge >= 0.3 is 0 Å². The lowest BCUT2D eigenvalue weighted by Crippen LogP contribution is -2.50. The topological polar surface area (TPSA) is 28.5 Å². The summed E-state index contributed by atoms with van der Waals surface area (Å²) in [5, 5.41) is 0. The summed E-state index contributed by atoms with van der Waals surface area (Å²) in [6, 6.07) is 0. The molecule has 0 unspecified atom stereocenters. The van der Waals surface area contributed by atoms with Crippen LogP contribution in [0.25, 0.3) is 0 Å². The van der Waals surface area contributed by atoms with Crippen molar-refractivity contribution in [2.24, 2.45) is 0 Å². The van der Waals surface area contributed by atoms with E-state index < -0.39 is 0 Å². The van der Waals surface area contributed by atoms with E-state index in [2.05, 4.69) is 27.7 Å². The zero-order valence-corrected chi connectivity index (χ0v) is 10.5. The highest BCUT2D eigenvalue weighted by atomic mass is 16.0. The Bertz CT molecular complexity index is 85.4.